The highest BCUT2D eigenvalue weighted by Crippen LogP contribution is 1.93. The van der Waals surface area contributed by atoms with Gasteiger partial charge in [0.05, 0.1) is 0 Å². The summed E-state index contributed by atoms with van der Waals surface area (Å²) < 4.78 is 0. The van der Waals surface area contributed by atoms with Gasteiger partial charge in [-0.1, -0.05) is 0 Å². The second-order valence-electron chi connectivity index (χ2n) is 1.65. The summed E-state index contributed by atoms with van der Waals surface area (Å²) in [7, 11) is 0. The average Bonchev–Trinajstić information content (AvgIpc) is 1.69. The minimum Gasteiger partial charge on any atom is -0.368 e. The number of aliphatic hydroxyl groups is 2. The third-order valence-corrected chi connectivity index (χ3v) is 1.03. The molecule has 4 heteroatoms. The van der Waals surface area contributed by atoms with Gasteiger partial charge in [-0.3, -0.25) is 0 Å². The third kappa shape index (κ3) is 2.23. The first kappa shape index (κ1) is 7.84. The van der Waals surface area contributed by atoms with Crippen molar-refractivity contribution in [2.75, 3.05) is 13.1 Å². The summed E-state index contributed by atoms with van der Waals surface area (Å²) in [6.07, 6.45) is -1.37. The molecule has 0 aromatic rings. The molecule has 0 rings (SSSR count). The minimum absolute atomic E-state index is 0.216. The van der Waals surface area contributed by atoms with Gasteiger partial charge in [0.25, 0.3) is 0 Å². The van der Waals surface area contributed by atoms with Gasteiger partial charge in [0.15, 0.2) is 6.29 Å². The lowest BCUT2D eigenvalue weighted by atomic mass is 10.1. The Hall–Kier alpha value is -0.160. The fourth-order valence-electron chi connectivity index (χ4n) is 0.340. The van der Waals surface area contributed by atoms with E-state index in [1.165, 1.54) is 0 Å². The van der Waals surface area contributed by atoms with E-state index in [-0.39, 0.29) is 19.0 Å². The van der Waals surface area contributed by atoms with Gasteiger partial charge in [-0.2, -0.15) is 0 Å². The summed E-state index contributed by atoms with van der Waals surface area (Å²) in [6.45, 7) is 0.433. The van der Waals surface area contributed by atoms with Gasteiger partial charge in [-0.05, 0) is 0 Å². The fraction of sp³-hybridized carbons (Fsp3) is 1.00. The van der Waals surface area contributed by atoms with Crippen LogP contribution in [0.25, 0.3) is 0 Å². The third-order valence-electron chi connectivity index (χ3n) is 1.03. The monoisotopic (exact) mass is 120 g/mol. The zero-order valence-electron chi connectivity index (χ0n) is 4.62. The molecule has 0 saturated heterocycles. The molecule has 6 N–H and O–H groups in total. The van der Waals surface area contributed by atoms with Gasteiger partial charge in [0, 0.05) is 19.0 Å². The van der Waals surface area contributed by atoms with E-state index in [1.807, 2.05) is 0 Å². The Morgan fingerprint density at radius 1 is 1.12 bits per heavy atom. The van der Waals surface area contributed by atoms with Crippen molar-refractivity contribution in [1.82, 2.24) is 0 Å². The maximum absolute atomic E-state index is 8.41. The average molecular weight is 120 g/mol. The van der Waals surface area contributed by atoms with Gasteiger partial charge >= 0.3 is 0 Å². The molecule has 0 spiro atoms. The van der Waals surface area contributed by atoms with Crippen molar-refractivity contribution in [2.24, 2.45) is 17.4 Å². The lowest BCUT2D eigenvalue weighted by molar-refractivity contribution is -0.0779. The van der Waals surface area contributed by atoms with Crippen LogP contribution in [0.4, 0.5) is 0 Å². The normalized spacial score (nSPS) is 11.2. The zero-order chi connectivity index (χ0) is 6.57. The molecule has 8 heavy (non-hydrogen) atoms. The minimum atomic E-state index is -1.37. The molecule has 0 aliphatic heterocycles. The highest BCUT2D eigenvalue weighted by molar-refractivity contribution is 4.60. The van der Waals surface area contributed by atoms with Crippen LogP contribution in [0.2, 0.25) is 0 Å². The van der Waals surface area contributed by atoms with Gasteiger partial charge in [0.2, 0.25) is 0 Å². The number of rotatable bonds is 3. The Morgan fingerprint density at radius 2 is 1.50 bits per heavy atom. The van der Waals surface area contributed by atoms with E-state index in [2.05, 4.69) is 0 Å². The number of aliphatic hydroxyl groups excluding tert-OH is 1. The van der Waals surface area contributed by atoms with E-state index in [0.29, 0.717) is 0 Å². The molecule has 0 bridgehead atoms. The van der Waals surface area contributed by atoms with Crippen molar-refractivity contribution in [2.45, 2.75) is 6.29 Å². The summed E-state index contributed by atoms with van der Waals surface area (Å²) in [5.74, 6) is -0.380. The summed E-state index contributed by atoms with van der Waals surface area (Å²) >= 11 is 0. The second-order valence-corrected chi connectivity index (χ2v) is 1.65. The Kier molecular flexibility index (Phi) is 3.72. The number of nitrogens with two attached hydrogens (primary N) is 2. The highest BCUT2D eigenvalue weighted by Gasteiger charge is 2.10. The Morgan fingerprint density at radius 3 is 1.50 bits per heavy atom. The molecule has 0 aliphatic carbocycles. The standard InChI is InChI=1S/C4H12N2O2/c5-1-3(2-6)4(7)8/h3-4,7-8H,1-2,5-6H2. The van der Waals surface area contributed by atoms with Crippen LogP contribution in [-0.4, -0.2) is 29.6 Å². The van der Waals surface area contributed by atoms with E-state index in [1.54, 1.807) is 0 Å². The zero-order valence-corrected chi connectivity index (χ0v) is 4.62. The van der Waals surface area contributed by atoms with Crippen molar-refractivity contribution in [3.8, 4) is 0 Å². The quantitative estimate of drug-likeness (QED) is 0.319. The Bertz CT molecular complexity index is 54.0. The lowest BCUT2D eigenvalue weighted by Crippen LogP contribution is -2.33. The molecule has 0 fully saturated rings. The van der Waals surface area contributed by atoms with Crippen LogP contribution in [-0.2, 0) is 0 Å². The second kappa shape index (κ2) is 3.80. The predicted molar refractivity (Wildman–Crippen MR) is 29.8 cm³/mol. The van der Waals surface area contributed by atoms with E-state index in [0.717, 1.165) is 0 Å². The molecule has 0 saturated carbocycles. The molecular formula is C4H12N2O2. The first-order valence-corrected chi connectivity index (χ1v) is 2.48. The molecule has 0 unspecified atom stereocenters. The van der Waals surface area contributed by atoms with Crippen LogP contribution in [0.5, 0.6) is 0 Å². The summed E-state index contributed by atoms with van der Waals surface area (Å²) in [5.41, 5.74) is 10.2. The fourth-order valence-corrected chi connectivity index (χ4v) is 0.340. The van der Waals surface area contributed by atoms with Crippen LogP contribution in [0, 0.1) is 5.92 Å². The molecule has 0 amide bonds. The Labute approximate surface area is 48.1 Å². The van der Waals surface area contributed by atoms with Gasteiger partial charge in [-0.15, -0.1) is 0 Å². The van der Waals surface area contributed by atoms with Crippen molar-refractivity contribution in [3.63, 3.8) is 0 Å². The summed E-state index contributed by atoms with van der Waals surface area (Å²) in [5, 5.41) is 16.8. The van der Waals surface area contributed by atoms with Crippen LogP contribution >= 0.6 is 0 Å². The summed E-state index contributed by atoms with van der Waals surface area (Å²) in [4.78, 5) is 0. The molecule has 0 radical (unpaired) electrons. The maximum Gasteiger partial charge on any atom is 0.156 e. The van der Waals surface area contributed by atoms with Crippen LogP contribution < -0.4 is 11.5 Å². The van der Waals surface area contributed by atoms with Crippen molar-refractivity contribution >= 4 is 0 Å². The number of hydrogen-bond donors (Lipinski definition) is 4. The van der Waals surface area contributed by atoms with Gasteiger partial charge in [-0.25, -0.2) is 0 Å². The van der Waals surface area contributed by atoms with Gasteiger partial charge in [0.1, 0.15) is 0 Å². The van der Waals surface area contributed by atoms with E-state index >= 15 is 0 Å². The first-order valence-electron chi connectivity index (χ1n) is 2.48. The largest absolute Gasteiger partial charge is 0.368 e. The van der Waals surface area contributed by atoms with Crippen LogP contribution in [0.15, 0.2) is 0 Å². The molecule has 0 aromatic heterocycles. The molecule has 4 nitrogen and oxygen atoms in total. The lowest BCUT2D eigenvalue weighted by Gasteiger charge is -2.12. The van der Waals surface area contributed by atoms with E-state index < -0.39 is 6.29 Å². The van der Waals surface area contributed by atoms with Crippen molar-refractivity contribution in [3.05, 3.63) is 0 Å². The van der Waals surface area contributed by atoms with E-state index in [9.17, 15) is 0 Å². The molecule has 0 atom stereocenters. The van der Waals surface area contributed by atoms with Crippen molar-refractivity contribution in [1.29, 1.82) is 0 Å². The van der Waals surface area contributed by atoms with Gasteiger partial charge < -0.3 is 21.7 Å². The number of hydrogen-bond acceptors (Lipinski definition) is 4. The Balaban J connectivity index is 3.35. The summed E-state index contributed by atoms with van der Waals surface area (Å²) in [6, 6.07) is 0. The highest BCUT2D eigenvalue weighted by atomic mass is 16.5. The van der Waals surface area contributed by atoms with Crippen molar-refractivity contribution < 1.29 is 10.2 Å². The van der Waals surface area contributed by atoms with E-state index in [4.69, 9.17) is 21.7 Å². The van der Waals surface area contributed by atoms with Crippen LogP contribution in [0.3, 0.4) is 0 Å². The molecule has 0 aromatic carbocycles. The first-order chi connectivity index (χ1) is 3.72. The molecule has 0 aliphatic rings. The molecule has 0 heterocycles. The SMILES string of the molecule is NCC(CN)C(O)O. The maximum atomic E-state index is 8.41. The predicted octanol–water partition coefficient (Wildman–Crippen LogP) is -2.17. The molecule has 50 valence electrons. The van der Waals surface area contributed by atoms with Crippen LogP contribution in [0.1, 0.15) is 0 Å². The smallest absolute Gasteiger partial charge is 0.156 e. The molecular weight excluding hydrogens is 108 g/mol. The topological polar surface area (TPSA) is 92.5 Å².